The first-order valence-electron chi connectivity index (χ1n) is 12.1. The lowest BCUT2D eigenvalue weighted by Crippen LogP contribution is -2.58. The van der Waals surface area contributed by atoms with E-state index in [4.69, 9.17) is 16.6 Å². The van der Waals surface area contributed by atoms with Crippen molar-refractivity contribution in [3.05, 3.63) is 30.1 Å². The van der Waals surface area contributed by atoms with E-state index in [0.29, 0.717) is 11.9 Å². The summed E-state index contributed by atoms with van der Waals surface area (Å²) in [4.78, 5) is 7.91. The van der Waals surface area contributed by atoms with Crippen LogP contribution in [0.2, 0.25) is 0 Å². The molecule has 2 aromatic rings. The van der Waals surface area contributed by atoms with Crippen molar-refractivity contribution in [2.45, 2.75) is 101 Å². The summed E-state index contributed by atoms with van der Waals surface area (Å²) >= 11 is 6.35. The molecule has 29 heavy (non-hydrogen) atoms. The molecule has 6 rings (SSSR count). The topological polar surface area (TPSA) is 21.1 Å². The molecule has 4 heteroatoms. The second kappa shape index (κ2) is 7.57. The largest absolute Gasteiger partial charge is 0.324 e. The van der Waals surface area contributed by atoms with Crippen molar-refractivity contribution in [2.24, 2.45) is 11.8 Å². The standard InChI is InChI=1S/C25H34ClN3/c26-16-25-27-23-9-1-2-10-24(23)29(25)22-14-19-7-4-8-20(15-22)28(19)21-12-17-5-3-6-18(11-17)13-21/h1-2,9-10,17-22H,3-8,11-16H2/t17-,18+,19-,20+,21+,22+. The Hall–Kier alpha value is -1.06. The first-order chi connectivity index (χ1) is 14.3. The van der Waals surface area contributed by atoms with E-state index in [1.54, 1.807) is 0 Å². The highest BCUT2D eigenvalue weighted by Crippen LogP contribution is 2.48. The van der Waals surface area contributed by atoms with Gasteiger partial charge in [-0.3, -0.25) is 4.90 Å². The first kappa shape index (κ1) is 18.7. The fourth-order valence-electron chi connectivity index (χ4n) is 7.73. The summed E-state index contributed by atoms with van der Waals surface area (Å²) in [6, 6.07) is 11.6. The van der Waals surface area contributed by atoms with Gasteiger partial charge in [0.1, 0.15) is 5.82 Å². The van der Waals surface area contributed by atoms with Crippen molar-refractivity contribution < 1.29 is 0 Å². The molecule has 3 nitrogen and oxygen atoms in total. The molecular formula is C25H34ClN3. The van der Waals surface area contributed by atoms with E-state index >= 15 is 0 Å². The Morgan fingerprint density at radius 3 is 2.21 bits per heavy atom. The van der Waals surface area contributed by atoms with Gasteiger partial charge in [-0.25, -0.2) is 4.98 Å². The maximum atomic E-state index is 6.35. The number of para-hydroxylation sites is 2. The van der Waals surface area contributed by atoms with Gasteiger partial charge in [-0.05, 0) is 68.9 Å². The number of fused-ring (bicyclic) bond motifs is 5. The Balaban J connectivity index is 1.29. The Morgan fingerprint density at radius 2 is 1.48 bits per heavy atom. The summed E-state index contributed by atoms with van der Waals surface area (Å²) in [5.74, 6) is 3.62. The average Bonchev–Trinajstić information content (AvgIpc) is 3.11. The van der Waals surface area contributed by atoms with Crippen LogP contribution in [0.4, 0.5) is 0 Å². The summed E-state index contributed by atoms with van der Waals surface area (Å²) in [7, 11) is 0. The number of aromatic nitrogens is 2. The third kappa shape index (κ3) is 3.24. The van der Waals surface area contributed by atoms with Crippen LogP contribution in [0.5, 0.6) is 0 Å². The number of rotatable bonds is 3. The van der Waals surface area contributed by atoms with Crippen LogP contribution in [-0.4, -0.2) is 32.6 Å². The van der Waals surface area contributed by atoms with Gasteiger partial charge < -0.3 is 4.57 Å². The maximum Gasteiger partial charge on any atom is 0.125 e. The van der Waals surface area contributed by atoms with Crippen LogP contribution in [0.3, 0.4) is 0 Å². The van der Waals surface area contributed by atoms with Crippen molar-refractivity contribution in [2.75, 3.05) is 0 Å². The molecular weight excluding hydrogens is 378 g/mol. The number of hydrogen-bond acceptors (Lipinski definition) is 2. The van der Waals surface area contributed by atoms with Gasteiger partial charge in [-0.1, -0.05) is 37.8 Å². The van der Waals surface area contributed by atoms with Crippen molar-refractivity contribution in [1.82, 2.24) is 14.5 Å². The first-order valence-corrected chi connectivity index (χ1v) is 12.6. The van der Waals surface area contributed by atoms with Crippen LogP contribution < -0.4 is 0 Å². The number of nitrogens with zero attached hydrogens (tertiary/aromatic N) is 3. The highest BCUT2D eigenvalue weighted by atomic mass is 35.5. The van der Waals surface area contributed by atoms with E-state index in [9.17, 15) is 0 Å². The van der Waals surface area contributed by atoms with Gasteiger partial charge in [0.05, 0.1) is 16.9 Å². The Kier molecular flexibility index (Phi) is 4.88. The monoisotopic (exact) mass is 411 g/mol. The molecule has 1 aromatic heterocycles. The van der Waals surface area contributed by atoms with Crippen molar-refractivity contribution in [3.8, 4) is 0 Å². The minimum Gasteiger partial charge on any atom is -0.324 e. The van der Waals surface area contributed by atoms with E-state index in [-0.39, 0.29) is 0 Å². The lowest BCUT2D eigenvalue weighted by atomic mass is 9.68. The zero-order valence-electron chi connectivity index (χ0n) is 17.5. The van der Waals surface area contributed by atoms with Gasteiger partial charge in [0.25, 0.3) is 0 Å². The lowest BCUT2D eigenvalue weighted by molar-refractivity contribution is -0.0484. The molecule has 4 fully saturated rings. The predicted molar refractivity (Wildman–Crippen MR) is 119 cm³/mol. The summed E-state index contributed by atoms with van der Waals surface area (Å²) < 4.78 is 2.51. The number of alkyl halides is 1. The molecule has 6 atom stereocenters. The molecule has 0 unspecified atom stereocenters. The van der Waals surface area contributed by atoms with E-state index < -0.39 is 0 Å². The quantitative estimate of drug-likeness (QED) is 0.552. The van der Waals surface area contributed by atoms with Crippen LogP contribution in [0.25, 0.3) is 11.0 Å². The zero-order valence-corrected chi connectivity index (χ0v) is 18.2. The fourth-order valence-corrected chi connectivity index (χ4v) is 7.92. The van der Waals surface area contributed by atoms with Crippen molar-refractivity contribution in [3.63, 3.8) is 0 Å². The van der Waals surface area contributed by atoms with Crippen LogP contribution in [0, 0.1) is 11.8 Å². The predicted octanol–water partition coefficient (Wildman–Crippen LogP) is 6.30. The summed E-state index contributed by atoms with van der Waals surface area (Å²) in [5.41, 5.74) is 2.39. The third-order valence-corrected chi connectivity index (χ3v) is 8.92. The third-order valence-electron chi connectivity index (χ3n) is 8.68. The number of imidazole rings is 1. The molecule has 2 aliphatic carbocycles. The molecule has 0 N–H and O–H groups in total. The minimum atomic E-state index is 0.510. The Bertz CT molecular complexity index is 850. The second-order valence-corrected chi connectivity index (χ2v) is 10.6. The molecule has 4 aliphatic rings. The number of benzene rings is 1. The van der Waals surface area contributed by atoms with E-state index in [0.717, 1.165) is 41.3 Å². The van der Waals surface area contributed by atoms with Crippen LogP contribution >= 0.6 is 11.6 Å². The van der Waals surface area contributed by atoms with E-state index in [1.807, 2.05) is 0 Å². The molecule has 2 aliphatic heterocycles. The molecule has 1 aromatic carbocycles. The molecule has 4 bridgehead atoms. The van der Waals surface area contributed by atoms with Gasteiger partial charge in [0, 0.05) is 24.2 Å². The Labute approximate surface area is 179 Å². The number of hydrogen-bond donors (Lipinski definition) is 0. The Morgan fingerprint density at radius 1 is 0.793 bits per heavy atom. The van der Waals surface area contributed by atoms with Crippen LogP contribution in [-0.2, 0) is 5.88 Å². The van der Waals surface area contributed by atoms with E-state index in [2.05, 4.69) is 33.7 Å². The average molecular weight is 412 g/mol. The molecule has 3 heterocycles. The van der Waals surface area contributed by atoms with Crippen molar-refractivity contribution in [1.29, 1.82) is 0 Å². The van der Waals surface area contributed by atoms with Gasteiger partial charge in [0.15, 0.2) is 0 Å². The number of piperidine rings is 2. The molecule has 156 valence electrons. The minimum absolute atomic E-state index is 0.510. The molecule has 2 saturated heterocycles. The van der Waals surface area contributed by atoms with Crippen LogP contribution in [0.1, 0.15) is 82.5 Å². The van der Waals surface area contributed by atoms with Gasteiger partial charge >= 0.3 is 0 Å². The van der Waals surface area contributed by atoms with Gasteiger partial charge in [-0.15, -0.1) is 11.6 Å². The highest BCUT2D eigenvalue weighted by molar-refractivity contribution is 6.16. The van der Waals surface area contributed by atoms with Gasteiger partial charge in [0.2, 0.25) is 0 Å². The fraction of sp³-hybridized carbons (Fsp3) is 0.720. The van der Waals surface area contributed by atoms with Crippen molar-refractivity contribution >= 4 is 22.6 Å². The molecule has 0 amide bonds. The zero-order chi connectivity index (χ0) is 19.4. The van der Waals surface area contributed by atoms with E-state index in [1.165, 1.54) is 76.1 Å². The molecule has 0 spiro atoms. The summed E-state index contributed by atoms with van der Waals surface area (Å²) in [6.07, 6.45) is 15.8. The number of halogens is 1. The lowest BCUT2D eigenvalue weighted by Gasteiger charge is -2.55. The summed E-state index contributed by atoms with van der Waals surface area (Å²) in [5, 5.41) is 0. The summed E-state index contributed by atoms with van der Waals surface area (Å²) in [6.45, 7) is 0. The maximum absolute atomic E-state index is 6.35. The molecule has 0 radical (unpaired) electrons. The highest BCUT2D eigenvalue weighted by Gasteiger charge is 2.45. The van der Waals surface area contributed by atoms with Crippen LogP contribution in [0.15, 0.2) is 24.3 Å². The second-order valence-electron chi connectivity index (χ2n) is 10.4. The van der Waals surface area contributed by atoms with Gasteiger partial charge in [-0.2, -0.15) is 0 Å². The SMILES string of the molecule is ClCc1nc2ccccc2n1[C@H]1C[C@H]2CCC[C@@H](C1)N2[C@H]1C[C@@H]2CCC[C@@H](C2)C1. The molecule has 2 saturated carbocycles. The normalized spacial score (nSPS) is 37.7. The smallest absolute Gasteiger partial charge is 0.125 e.